The molecule has 2 N–H and O–H groups in total. The lowest BCUT2D eigenvalue weighted by Crippen LogP contribution is -2.35. The Hall–Kier alpha value is -0.260. The monoisotopic (exact) mass is 205 g/mol. The number of hydrogen-bond donors (Lipinski definition) is 2. The molecule has 1 rings (SSSR count). The highest BCUT2D eigenvalue weighted by molar-refractivity contribution is 7.80. The molecule has 0 aromatic heterocycles. The number of esters is 1. The number of ether oxygens (including phenoxy) is 2. The van der Waals surface area contributed by atoms with Gasteiger partial charge in [0.2, 0.25) is 0 Å². The second kappa shape index (κ2) is 5.47. The Morgan fingerprint density at radius 3 is 3.08 bits per heavy atom. The van der Waals surface area contributed by atoms with E-state index in [4.69, 9.17) is 15.2 Å². The summed E-state index contributed by atoms with van der Waals surface area (Å²) in [7, 11) is 0. The summed E-state index contributed by atoms with van der Waals surface area (Å²) in [4.78, 5) is 11.1. The molecule has 1 aliphatic rings. The molecule has 0 saturated carbocycles. The van der Waals surface area contributed by atoms with Gasteiger partial charge in [-0.1, -0.05) is 0 Å². The molecule has 0 bridgehead atoms. The smallest absolute Gasteiger partial charge is 0.323 e. The highest BCUT2D eigenvalue weighted by Gasteiger charge is 2.19. The van der Waals surface area contributed by atoms with Crippen molar-refractivity contribution >= 4 is 18.6 Å². The van der Waals surface area contributed by atoms with E-state index < -0.39 is 12.0 Å². The average molecular weight is 205 g/mol. The first kappa shape index (κ1) is 10.8. The van der Waals surface area contributed by atoms with Crippen molar-refractivity contribution in [3.8, 4) is 0 Å². The number of hydrogen-bond acceptors (Lipinski definition) is 5. The van der Waals surface area contributed by atoms with Crippen LogP contribution in [0.25, 0.3) is 0 Å². The van der Waals surface area contributed by atoms with Crippen LogP contribution < -0.4 is 5.73 Å². The first-order valence-corrected chi connectivity index (χ1v) is 5.02. The molecule has 5 heteroatoms. The molecule has 4 nitrogen and oxygen atoms in total. The van der Waals surface area contributed by atoms with Gasteiger partial charge in [-0.2, -0.15) is 12.6 Å². The summed E-state index contributed by atoms with van der Waals surface area (Å²) < 4.78 is 10.2. The summed E-state index contributed by atoms with van der Waals surface area (Å²) in [6.45, 7) is 1.08. The van der Waals surface area contributed by atoms with Crippen molar-refractivity contribution in [1.82, 2.24) is 0 Å². The van der Waals surface area contributed by atoms with Gasteiger partial charge in [0.25, 0.3) is 0 Å². The molecule has 76 valence electrons. The van der Waals surface area contributed by atoms with Crippen LogP contribution in [0.3, 0.4) is 0 Å². The highest BCUT2D eigenvalue weighted by atomic mass is 32.1. The summed E-state index contributed by atoms with van der Waals surface area (Å²) >= 11 is 3.90. The Balaban J connectivity index is 2.13. The van der Waals surface area contributed by atoms with E-state index in [1.54, 1.807) is 0 Å². The van der Waals surface area contributed by atoms with Crippen molar-refractivity contribution in [3.05, 3.63) is 0 Å². The molecule has 1 fully saturated rings. The third-order valence-electron chi connectivity index (χ3n) is 1.93. The predicted molar refractivity (Wildman–Crippen MR) is 51.8 cm³/mol. The van der Waals surface area contributed by atoms with Crippen molar-refractivity contribution in [3.63, 3.8) is 0 Å². The normalized spacial score (nSPS) is 24.3. The summed E-state index contributed by atoms with van der Waals surface area (Å²) in [6.07, 6.45) is 2.07. The van der Waals surface area contributed by atoms with Gasteiger partial charge in [0.15, 0.2) is 0 Å². The van der Waals surface area contributed by atoms with E-state index in [0.717, 1.165) is 19.4 Å². The zero-order valence-electron chi connectivity index (χ0n) is 7.44. The Labute approximate surface area is 83.2 Å². The van der Waals surface area contributed by atoms with E-state index in [0.29, 0.717) is 12.4 Å². The van der Waals surface area contributed by atoms with Gasteiger partial charge >= 0.3 is 5.97 Å². The number of rotatable bonds is 4. The third-order valence-corrected chi connectivity index (χ3v) is 2.33. The van der Waals surface area contributed by atoms with Crippen LogP contribution in [0.2, 0.25) is 0 Å². The minimum atomic E-state index is -0.621. The zero-order chi connectivity index (χ0) is 9.68. The molecule has 2 unspecified atom stereocenters. The Bertz CT molecular complexity index is 171. The van der Waals surface area contributed by atoms with Crippen molar-refractivity contribution in [2.24, 2.45) is 5.73 Å². The third kappa shape index (κ3) is 3.54. The summed E-state index contributed by atoms with van der Waals surface area (Å²) in [6, 6.07) is -0.621. The van der Waals surface area contributed by atoms with Crippen LogP contribution in [0.4, 0.5) is 0 Å². The van der Waals surface area contributed by atoms with E-state index in [1.807, 2.05) is 0 Å². The molecule has 1 aliphatic heterocycles. The Morgan fingerprint density at radius 1 is 1.77 bits per heavy atom. The lowest BCUT2D eigenvalue weighted by atomic mass is 10.2. The minimum absolute atomic E-state index is 0.0658. The molecule has 1 saturated heterocycles. The highest BCUT2D eigenvalue weighted by Crippen LogP contribution is 2.12. The van der Waals surface area contributed by atoms with Gasteiger partial charge in [0.05, 0.1) is 6.10 Å². The lowest BCUT2D eigenvalue weighted by molar-refractivity contribution is -0.147. The van der Waals surface area contributed by atoms with Gasteiger partial charge in [-0.25, -0.2) is 0 Å². The molecule has 0 aliphatic carbocycles. The van der Waals surface area contributed by atoms with Crippen molar-refractivity contribution < 1.29 is 14.3 Å². The molecular formula is C8H15NO3S. The lowest BCUT2D eigenvalue weighted by Gasteiger charge is -2.12. The maximum Gasteiger partial charge on any atom is 0.323 e. The van der Waals surface area contributed by atoms with E-state index in [1.165, 1.54) is 0 Å². The maximum atomic E-state index is 11.1. The fourth-order valence-electron chi connectivity index (χ4n) is 1.13. The van der Waals surface area contributed by atoms with Gasteiger partial charge in [0, 0.05) is 12.4 Å². The quantitative estimate of drug-likeness (QED) is 0.499. The van der Waals surface area contributed by atoms with E-state index >= 15 is 0 Å². The summed E-state index contributed by atoms with van der Waals surface area (Å²) in [5.74, 6) is -0.0878. The molecule has 13 heavy (non-hydrogen) atoms. The summed E-state index contributed by atoms with van der Waals surface area (Å²) in [5.41, 5.74) is 5.41. The topological polar surface area (TPSA) is 61.6 Å². The number of carbonyl (C=O) groups excluding carboxylic acids is 1. The van der Waals surface area contributed by atoms with Gasteiger partial charge in [-0.15, -0.1) is 0 Å². The van der Waals surface area contributed by atoms with Crippen LogP contribution in [-0.2, 0) is 14.3 Å². The van der Waals surface area contributed by atoms with Crippen LogP contribution in [0.5, 0.6) is 0 Å². The zero-order valence-corrected chi connectivity index (χ0v) is 8.33. The second-order valence-electron chi connectivity index (χ2n) is 3.05. The molecule has 0 radical (unpaired) electrons. The molecule has 0 aromatic carbocycles. The fraction of sp³-hybridized carbons (Fsp3) is 0.875. The average Bonchev–Trinajstić information content (AvgIpc) is 2.65. The summed E-state index contributed by atoms with van der Waals surface area (Å²) in [5, 5.41) is 0. The van der Waals surface area contributed by atoms with Crippen LogP contribution in [0.1, 0.15) is 12.8 Å². The van der Waals surface area contributed by atoms with Crippen molar-refractivity contribution in [1.29, 1.82) is 0 Å². The fourth-order valence-corrected chi connectivity index (χ4v) is 1.28. The SMILES string of the molecule is NC(CS)C(=O)OCC1CCCO1. The molecular weight excluding hydrogens is 190 g/mol. The standard InChI is InChI=1S/C8H15NO3S/c9-7(5-13)8(10)12-4-6-2-1-3-11-6/h6-7,13H,1-5,9H2. The first-order valence-electron chi connectivity index (χ1n) is 4.38. The van der Waals surface area contributed by atoms with E-state index in [2.05, 4.69) is 12.6 Å². The van der Waals surface area contributed by atoms with Gasteiger partial charge in [0.1, 0.15) is 12.6 Å². The first-order chi connectivity index (χ1) is 6.24. The van der Waals surface area contributed by atoms with E-state index in [-0.39, 0.29) is 6.10 Å². The molecule has 0 aromatic rings. The van der Waals surface area contributed by atoms with Crippen LogP contribution in [-0.4, -0.2) is 37.1 Å². The molecule has 0 spiro atoms. The number of nitrogens with two attached hydrogens (primary N) is 1. The van der Waals surface area contributed by atoms with Gasteiger partial charge in [-0.3, -0.25) is 4.79 Å². The van der Waals surface area contributed by atoms with E-state index in [9.17, 15) is 4.79 Å². The Kier molecular flexibility index (Phi) is 4.55. The van der Waals surface area contributed by atoms with Gasteiger partial charge < -0.3 is 15.2 Å². The van der Waals surface area contributed by atoms with Crippen molar-refractivity contribution in [2.75, 3.05) is 19.0 Å². The number of thiol groups is 1. The second-order valence-corrected chi connectivity index (χ2v) is 3.42. The maximum absolute atomic E-state index is 11.1. The van der Waals surface area contributed by atoms with Crippen molar-refractivity contribution in [2.45, 2.75) is 25.0 Å². The minimum Gasteiger partial charge on any atom is -0.462 e. The Morgan fingerprint density at radius 2 is 2.54 bits per heavy atom. The predicted octanol–water partition coefficient (Wildman–Crippen LogP) is -0.0343. The van der Waals surface area contributed by atoms with Crippen LogP contribution in [0, 0.1) is 0 Å². The molecule has 2 atom stereocenters. The molecule has 1 heterocycles. The molecule has 0 amide bonds. The largest absolute Gasteiger partial charge is 0.462 e. The number of carbonyl (C=O) groups is 1. The van der Waals surface area contributed by atoms with Crippen LogP contribution in [0.15, 0.2) is 0 Å². The van der Waals surface area contributed by atoms with Crippen LogP contribution >= 0.6 is 12.6 Å². The van der Waals surface area contributed by atoms with Gasteiger partial charge in [-0.05, 0) is 12.8 Å².